The number of halogens is 3. The first-order chi connectivity index (χ1) is 13.5. The molecule has 0 saturated carbocycles. The summed E-state index contributed by atoms with van der Waals surface area (Å²) < 4.78 is 26.8. The highest BCUT2D eigenvalue weighted by atomic mass is 35.5. The van der Waals surface area contributed by atoms with E-state index in [1.165, 1.54) is 36.4 Å². The van der Waals surface area contributed by atoms with E-state index in [9.17, 15) is 13.6 Å². The van der Waals surface area contributed by atoms with Gasteiger partial charge in [0.1, 0.15) is 11.6 Å². The second kappa shape index (κ2) is 9.05. The number of guanidine groups is 1. The highest BCUT2D eigenvalue weighted by Crippen LogP contribution is 2.19. The van der Waals surface area contributed by atoms with Gasteiger partial charge in [-0.2, -0.15) is 0 Å². The number of nitrogens with zero attached hydrogens (tertiary/aromatic N) is 2. The van der Waals surface area contributed by atoms with Crippen LogP contribution in [0.5, 0.6) is 0 Å². The molecule has 1 heterocycles. The van der Waals surface area contributed by atoms with Gasteiger partial charge in [-0.15, -0.1) is 0 Å². The zero-order valence-electron chi connectivity index (χ0n) is 14.5. The van der Waals surface area contributed by atoms with Crippen molar-refractivity contribution in [1.29, 1.82) is 0 Å². The van der Waals surface area contributed by atoms with E-state index in [0.29, 0.717) is 5.69 Å². The van der Waals surface area contributed by atoms with Crippen molar-refractivity contribution >= 4 is 29.2 Å². The van der Waals surface area contributed by atoms with Crippen LogP contribution in [0, 0.1) is 11.6 Å². The summed E-state index contributed by atoms with van der Waals surface area (Å²) in [4.78, 5) is 20.8. The van der Waals surface area contributed by atoms with E-state index in [1.54, 1.807) is 18.5 Å². The summed E-state index contributed by atoms with van der Waals surface area (Å²) in [5.74, 6) is -1.55. The van der Waals surface area contributed by atoms with Crippen molar-refractivity contribution < 1.29 is 13.6 Å². The topological polar surface area (TPSA) is 66.4 Å². The lowest BCUT2D eigenvalue weighted by Gasteiger charge is -2.12. The number of nitrogens with one attached hydrogen (secondary N) is 2. The van der Waals surface area contributed by atoms with Gasteiger partial charge in [0.2, 0.25) is 5.96 Å². The first-order valence-electron chi connectivity index (χ1n) is 8.23. The third-order valence-electron chi connectivity index (χ3n) is 3.64. The summed E-state index contributed by atoms with van der Waals surface area (Å²) in [6.07, 6.45) is 3.28. The standard InChI is InChI=1S/C20H15ClF2N4O/c21-17-10-16(6-7-18(17)23)26-20(25-12-13-3-2-8-24-11-13)27-19(28)14-4-1-5-15(22)9-14/h1-11H,12H2,(H2,25,26,27,28). The van der Waals surface area contributed by atoms with Crippen molar-refractivity contribution in [2.24, 2.45) is 4.99 Å². The zero-order chi connectivity index (χ0) is 19.9. The van der Waals surface area contributed by atoms with Crippen LogP contribution in [-0.4, -0.2) is 16.9 Å². The van der Waals surface area contributed by atoms with E-state index in [4.69, 9.17) is 11.6 Å². The van der Waals surface area contributed by atoms with Crippen molar-refractivity contribution in [2.75, 3.05) is 5.32 Å². The van der Waals surface area contributed by atoms with Crippen molar-refractivity contribution in [3.05, 3.63) is 94.8 Å². The van der Waals surface area contributed by atoms with Crippen LogP contribution in [0.15, 0.2) is 72.0 Å². The molecule has 0 aliphatic heterocycles. The lowest BCUT2D eigenvalue weighted by atomic mass is 10.2. The van der Waals surface area contributed by atoms with Crippen LogP contribution in [-0.2, 0) is 6.54 Å². The normalized spacial score (nSPS) is 11.2. The number of aromatic nitrogens is 1. The third kappa shape index (κ3) is 5.34. The van der Waals surface area contributed by atoms with Gasteiger partial charge in [0.15, 0.2) is 0 Å². The lowest BCUT2D eigenvalue weighted by Crippen LogP contribution is -2.36. The van der Waals surface area contributed by atoms with E-state index in [-0.39, 0.29) is 23.1 Å². The first-order valence-corrected chi connectivity index (χ1v) is 8.61. The Labute approximate surface area is 165 Å². The Morgan fingerprint density at radius 3 is 2.68 bits per heavy atom. The fourth-order valence-corrected chi connectivity index (χ4v) is 2.47. The van der Waals surface area contributed by atoms with Gasteiger partial charge >= 0.3 is 0 Å². The van der Waals surface area contributed by atoms with Crippen LogP contribution in [0.3, 0.4) is 0 Å². The van der Waals surface area contributed by atoms with Gasteiger partial charge in [-0.3, -0.25) is 15.1 Å². The number of hydrogen-bond donors (Lipinski definition) is 2. The third-order valence-corrected chi connectivity index (χ3v) is 3.93. The van der Waals surface area contributed by atoms with Gasteiger partial charge in [0.05, 0.1) is 11.6 Å². The van der Waals surface area contributed by atoms with Gasteiger partial charge in [-0.25, -0.2) is 13.8 Å². The average molecular weight is 401 g/mol. The van der Waals surface area contributed by atoms with E-state index in [1.807, 2.05) is 6.07 Å². The summed E-state index contributed by atoms with van der Waals surface area (Å²) in [5.41, 5.74) is 1.38. The molecule has 0 saturated heterocycles. The van der Waals surface area contributed by atoms with Crippen LogP contribution >= 0.6 is 11.6 Å². The molecule has 3 aromatic rings. The Bertz CT molecular complexity index is 1010. The molecule has 8 heteroatoms. The van der Waals surface area contributed by atoms with Gasteiger partial charge in [0, 0.05) is 23.6 Å². The molecule has 0 fully saturated rings. The molecule has 3 rings (SSSR count). The Hall–Kier alpha value is -3.32. The molecular weight excluding hydrogens is 386 g/mol. The summed E-state index contributed by atoms with van der Waals surface area (Å²) in [7, 11) is 0. The Morgan fingerprint density at radius 2 is 1.96 bits per heavy atom. The van der Waals surface area contributed by atoms with Crippen LogP contribution < -0.4 is 10.6 Å². The fraction of sp³-hybridized carbons (Fsp3) is 0.0500. The van der Waals surface area contributed by atoms with Crippen molar-refractivity contribution in [1.82, 2.24) is 10.3 Å². The summed E-state index contributed by atoms with van der Waals surface area (Å²) in [5, 5.41) is 5.40. The zero-order valence-corrected chi connectivity index (χ0v) is 15.3. The molecule has 0 bridgehead atoms. The number of hydrogen-bond acceptors (Lipinski definition) is 3. The Kier molecular flexibility index (Phi) is 6.29. The molecule has 0 atom stereocenters. The Morgan fingerprint density at radius 1 is 1.11 bits per heavy atom. The van der Waals surface area contributed by atoms with Gasteiger partial charge in [0.25, 0.3) is 5.91 Å². The predicted octanol–water partition coefficient (Wildman–Crippen LogP) is 4.41. The van der Waals surface area contributed by atoms with Crippen LogP contribution in [0.1, 0.15) is 15.9 Å². The second-order valence-electron chi connectivity index (χ2n) is 5.74. The molecule has 2 aromatic carbocycles. The molecular formula is C20H15ClF2N4O. The number of aliphatic imine (C=N–C) groups is 1. The maximum atomic E-state index is 13.4. The molecule has 0 radical (unpaired) electrons. The van der Waals surface area contributed by atoms with Crippen LogP contribution in [0.25, 0.3) is 0 Å². The minimum Gasteiger partial charge on any atom is -0.326 e. The monoisotopic (exact) mass is 400 g/mol. The van der Waals surface area contributed by atoms with E-state index in [2.05, 4.69) is 20.6 Å². The Balaban J connectivity index is 1.82. The minimum atomic E-state index is -0.565. The molecule has 0 unspecified atom stereocenters. The molecule has 1 amide bonds. The average Bonchev–Trinajstić information content (AvgIpc) is 2.69. The van der Waals surface area contributed by atoms with E-state index in [0.717, 1.165) is 11.6 Å². The maximum Gasteiger partial charge on any atom is 0.258 e. The first kappa shape index (κ1) is 19.4. The molecule has 2 N–H and O–H groups in total. The highest BCUT2D eigenvalue weighted by molar-refractivity contribution is 6.31. The number of carbonyl (C=O) groups is 1. The fourth-order valence-electron chi connectivity index (χ4n) is 2.29. The van der Waals surface area contributed by atoms with E-state index >= 15 is 0 Å². The number of anilines is 1. The smallest absolute Gasteiger partial charge is 0.258 e. The van der Waals surface area contributed by atoms with E-state index < -0.39 is 17.5 Å². The molecule has 142 valence electrons. The van der Waals surface area contributed by atoms with Crippen LogP contribution in [0.4, 0.5) is 14.5 Å². The number of carbonyl (C=O) groups excluding carboxylic acids is 1. The summed E-state index contributed by atoms with van der Waals surface area (Å²) >= 11 is 5.80. The highest BCUT2D eigenvalue weighted by Gasteiger charge is 2.11. The number of rotatable bonds is 4. The van der Waals surface area contributed by atoms with Crippen LogP contribution in [0.2, 0.25) is 5.02 Å². The number of benzene rings is 2. The van der Waals surface area contributed by atoms with Crippen molar-refractivity contribution in [2.45, 2.75) is 6.54 Å². The van der Waals surface area contributed by atoms with Crippen molar-refractivity contribution in [3.63, 3.8) is 0 Å². The van der Waals surface area contributed by atoms with Gasteiger partial charge < -0.3 is 5.32 Å². The second-order valence-corrected chi connectivity index (χ2v) is 6.15. The molecule has 1 aromatic heterocycles. The molecule has 28 heavy (non-hydrogen) atoms. The van der Waals surface area contributed by atoms with Crippen molar-refractivity contribution in [3.8, 4) is 0 Å². The summed E-state index contributed by atoms with van der Waals surface area (Å²) in [6.45, 7) is 0.231. The molecule has 0 spiro atoms. The number of pyridine rings is 1. The minimum absolute atomic E-state index is 0.0759. The summed E-state index contributed by atoms with van der Waals surface area (Å²) in [6, 6.07) is 12.9. The molecule has 0 aliphatic carbocycles. The van der Waals surface area contributed by atoms with Gasteiger partial charge in [-0.05, 0) is 48.0 Å². The lowest BCUT2D eigenvalue weighted by molar-refractivity contribution is 0.0976. The largest absolute Gasteiger partial charge is 0.326 e. The van der Waals surface area contributed by atoms with Gasteiger partial charge in [-0.1, -0.05) is 23.7 Å². The SMILES string of the molecule is O=C(NC(=NCc1cccnc1)Nc1ccc(F)c(Cl)c1)c1cccc(F)c1. The maximum absolute atomic E-state index is 13.4. The molecule has 5 nitrogen and oxygen atoms in total. The predicted molar refractivity (Wildman–Crippen MR) is 104 cm³/mol. The quantitative estimate of drug-likeness (QED) is 0.503. The number of amides is 1. The molecule has 0 aliphatic rings.